The Morgan fingerprint density at radius 3 is 2.71 bits per heavy atom. The average molecular weight is 382 g/mol. The number of carbonyl (C=O) groups excluding carboxylic acids is 1. The number of ether oxygens (including phenoxy) is 1. The monoisotopic (exact) mass is 382 g/mol. The van der Waals surface area contributed by atoms with Crippen LogP contribution >= 0.6 is 0 Å². The topological polar surface area (TPSA) is 104 Å². The summed E-state index contributed by atoms with van der Waals surface area (Å²) in [6, 6.07) is 9.95. The van der Waals surface area contributed by atoms with Crippen LogP contribution in [0.25, 0.3) is 5.82 Å². The standard InChI is InChI=1S/C19H22N6O3/c1-2-3-12-28-16-6-4-15(5-7-16)19(27)21-10-11-24-18(26)9-8-17(23-24)25-14-20-13-22-25/h4-9,13-14H,2-3,10-12H2,1H3,(H,21,27). The summed E-state index contributed by atoms with van der Waals surface area (Å²) in [7, 11) is 0. The summed E-state index contributed by atoms with van der Waals surface area (Å²) >= 11 is 0. The maximum Gasteiger partial charge on any atom is 0.266 e. The number of benzene rings is 1. The van der Waals surface area contributed by atoms with Crippen molar-refractivity contribution in [3.05, 3.63) is 65.0 Å². The molecule has 9 nitrogen and oxygen atoms in total. The van der Waals surface area contributed by atoms with Crippen molar-refractivity contribution < 1.29 is 9.53 Å². The number of aromatic nitrogens is 5. The van der Waals surface area contributed by atoms with Gasteiger partial charge < -0.3 is 10.1 Å². The summed E-state index contributed by atoms with van der Waals surface area (Å²) in [5, 5.41) is 11.0. The van der Waals surface area contributed by atoms with E-state index in [2.05, 4.69) is 27.4 Å². The molecule has 0 fully saturated rings. The summed E-state index contributed by atoms with van der Waals surface area (Å²) in [4.78, 5) is 28.1. The third kappa shape index (κ3) is 5.03. The van der Waals surface area contributed by atoms with Crippen molar-refractivity contribution in [1.82, 2.24) is 29.9 Å². The molecule has 0 bridgehead atoms. The van der Waals surface area contributed by atoms with E-state index in [1.165, 1.54) is 28.1 Å². The third-order valence-electron chi connectivity index (χ3n) is 4.00. The van der Waals surface area contributed by atoms with Crippen LogP contribution < -0.4 is 15.6 Å². The first-order valence-electron chi connectivity index (χ1n) is 9.11. The number of hydrogen-bond donors (Lipinski definition) is 1. The molecule has 0 saturated carbocycles. The van der Waals surface area contributed by atoms with Gasteiger partial charge >= 0.3 is 0 Å². The second-order valence-corrected chi connectivity index (χ2v) is 6.08. The van der Waals surface area contributed by atoms with Gasteiger partial charge in [0.15, 0.2) is 5.82 Å². The molecule has 1 amide bonds. The van der Waals surface area contributed by atoms with Gasteiger partial charge in [-0.2, -0.15) is 5.10 Å². The lowest BCUT2D eigenvalue weighted by Gasteiger charge is -2.09. The largest absolute Gasteiger partial charge is 0.494 e. The number of nitrogens with one attached hydrogen (secondary N) is 1. The number of carbonyl (C=O) groups is 1. The highest BCUT2D eigenvalue weighted by Gasteiger charge is 2.07. The Balaban J connectivity index is 1.54. The van der Waals surface area contributed by atoms with Gasteiger partial charge in [-0.3, -0.25) is 9.59 Å². The molecule has 146 valence electrons. The highest BCUT2D eigenvalue weighted by Crippen LogP contribution is 2.12. The molecule has 28 heavy (non-hydrogen) atoms. The van der Waals surface area contributed by atoms with Gasteiger partial charge in [0.1, 0.15) is 18.4 Å². The van der Waals surface area contributed by atoms with E-state index in [4.69, 9.17) is 4.74 Å². The Morgan fingerprint density at radius 1 is 1.18 bits per heavy atom. The van der Waals surface area contributed by atoms with Gasteiger partial charge in [-0.05, 0) is 36.8 Å². The van der Waals surface area contributed by atoms with E-state index in [9.17, 15) is 9.59 Å². The summed E-state index contributed by atoms with van der Waals surface area (Å²) in [6.45, 7) is 3.27. The molecule has 0 radical (unpaired) electrons. The summed E-state index contributed by atoms with van der Waals surface area (Å²) in [6.07, 6.45) is 4.94. The smallest absolute Gasteiger partial charge is 0.266 e. The van der Waals surface area contributed by atoms with E-state index >= 15 is 0 Å². The normalized spacial score (nSPS) is 10.6. The van der Waals surface area contributed by atoms with Crippen molar-refractivity contribution in [2.24, 2.45) is 0 Å². The van der Waals surface area contributed by atoms with E-state index in [1.807, 2.05) is 0 Å². The lowest BCUT2D eigenvalue weighted by atomic mass is 10.2. The second-order valence-electron chi connectivity index (χ2n) is 6.08. The van der Waals surface area contributed by atoms with E-state index in [-0.39, 0.29) is 24.6 Å². The average Bonchev–Trinajstić information content (AvgIpc) is 3.25. The Bertz CT molecular complexity index is 951. The van der Waals surface area contributed by atoms with Gasteiger partial charge in [-0.1, -0.05) is 13.3 Å². The second kappa shape index (κ2) is 9.45. The first-order valence-corrected chi connectivity index (χ1v) is 9.11. The van der Waals surface area contributed by atoms with Gasteiger partial charge in [0.2, 0.25) is 0 Å². The van der Waals surface area contributed by atoms with Crippen LogP contribution in [0.4, 0.5) is 0 Å². The van der Waals surface area contributed by atoms with Crippen molar-refractivity contribution in [2.45, 2.75) is 26.3 Å². The van der Waals surface area contributed by atoms with Crippen LogP contribution in [-0.4, -0.2) is 43.6 Å². The molecule has 1 aromatic carbocycles. The quantitative estimate of drug-likeness (QED) is 0.562. The van der Waals surface area contributed by atoms with Crippen LogP contribution in [0, 0.1) is 0 Å². The molecule has 0 atom stereocenters. The summed E-state index contributed by atoms with van der Waals surface area (Å²) in [5.74, 6) is 0.994. The predicted octanol–water partition coefficient (Wildman–Crippen LogP) is 1.43. The Kier molecular flexibility index (Phi) is 6.50. The zero-order valence-corrected chi connectivity index (χ0v) is 15.6. The molecule has 2 heterocycles. The van der Waals surface area contributed by atoms with Crippen LogP contribution in [-0.2, 0) is 6.54 Å². The molecule has 2 aromatic heterocycles. The Hall–Kier alpha value is -3.49. The summed E-state index contributed by atoms with van der Waals surface area (Å²) < 4.78 is 8.32. The molecular formula is C19H22N6O3. The summed E-state index contributed by atoms with van der Waals surface area (Å²) in [5.41, 5.74) is 0.270. The van der Waals surface area contributed by atoms with Crippen LogP contribution in [0.3, 0.4) is 0 Å². The van der Waals surface area contributed by atoms with Gasteiger partial charge in [0.25, 0.3) is 11.5 Å². The molecule has 0 spiro atoms. The van der Waals surface area contributed by atoms with Gasteiger partial charge in [-0.25, -0.2) is 14.3 Å². The zero-order valence-electron chi connectivity index (χ0n) is 15.6. The lowest BCUT2D eigenvalue weighted by Crippen LogP contribution is -2.32. The molecular weight excluding hydrogens is 360 g/mol. The number of unbranched alkanes of at least 4 members (excludes halogenated alkanes) is 1. The van der Waals surface area contributed by atoms with Gasteiger partial charge in [0.05, 0.1) is 13.2 Å². The Labute approximate surface area is 162 Å². The molecule has 1 N–H and O–H groups in total. The number of hydrogen-bond acceptors (Lipinski definition) is 6. The minimum Gasteiger partial charge on any atom is -0.494 e. The fraction of sp³-hybridized carbons (Fsp3) is 0.316. The molecule has 3 rings (SSSR count). The fourth-order valence-corrected chi connectivity index (χ4v) is 2.46. The molecule has 0 aliphatic rings. The lowest BCUT2D eigenvalue weighted by molar-refractivity contribution is 0.0951. The van der Waals surface area contributed by atoms with Crippen LogP contribution in [0.2, 0.25) is 0 Å². The van der Waals surface area contributed by atoms with Crippen LogP contribution in [0.5, 0.6) is 5.75 Å². The highest BCUT2D eigenvalue weighted by atomic mass is 16.5. The molecule has 9 heteroatoms. The number of nitrogens with zero attached hydrogens (tertiary/aromatic N) is 5. The molecule has 3 aromatic rings. The van der Waals surface area contributed by atoms with E-state index in [0.717, 1.165) is 18.6 Å². The van der Waals surface area contributed by atoms with Gasteiger partial charge in [-0.15, -0.1) is 5.10 Å². The van der Waals surface area contributed by atoms with Crippen molar-refractivity contribution in [3.8, 4) is 11.6 Å². The minimum absolute atomic E-state index is 0.222. The van der Waals surface area contributed by atoms with Crippen molar-refractivity contribution in [1.29, 1.82) is 0 Å². The van der Waals surface area contributed by atoms with Crippen LogP contribution in [0.1, 0.15) is 30.1 Å². The number of amides is 1. The van der Waals surface area contributed by atoms with Crippen LogP contribution in [0.15, 0.2) is 53.8 Å². The molecule has 0 unspecified atom stereocenters. The van der Waals surface area contributed by atoms with Crippen molar-refractivity contribution in [3.63, 3.8) is 0 Å². The van der Waals surface area contributed by atoms with Crippen molar-refractivity contribution in [2.75, 3.05) is 13.2 Å². The van der Waals surface area contributed by atoms with Gasteiger partial charge in [0, 0.05) is 18.2 Å². The molecule has 0 aliphatic carbocycles. The fourth-order valence-electron chi connectivity index (χ4n) is 2.46. The maximum absolute atomic E-state index is 12.3. The van der Waals surface area contributed by atoms with E-state index in [0.29, 0.717) is 18.0 Å². The van der Waals surface area contributed by atoms with E-state index < -0.39 is 0 Å². The molecule has 0 aliphatic heterocycles. The number of rotatable bonds is 9. The maximum atomic E-state index is 12.3. The third-order valence-corrected chi connectivity index (χ3v) is 4.00. The SMILES string of the molecule is CCCCOc1ccc(C(=O)NCCn2nc(-n3cncn3)ccc2=O)cc1. The first-order chi connectivity index (χ1) is 13.7. The predicted molar refractivity (Wildman–Crippen MR) is 103 cm³/mol. The minimum atomic E-state index is -0.258. The zero-order chi connectivity index (χ0) is 19.8. The Morgan fingerprint density at radius 2 is 2.00 bits per heavy atom. The van der Waals surface area contributed by atoms with E-state index in [1.54, 1.807) is 30.3 Å². The van der Waals surface area contributed by atoms with Crippen molar-refractivity contribution >= 4 is 5.91 Å². The molecule has 0 saturated heterocycles. The first kappa shape index (κ1) is 19.3. The highest BCUT2D eigenvalue weighted by molar-refractivity contribution is 5.94.